The number of aromatic nitrogens is 3. The Hall–Kier alpha value is -2.86. The van der Waals surface area contributed by atoms with Crippen molar-refractivity contribution in [1.29, 1.82) is 0 Å². The zero-order chi connectivity index (χ0) is 18.4. The molecule has 0 saturated heterocycles. The zero-order valence-corrected chi connectivity index (χ0v) is 16.3. The number of imidazole rings is 1. The quantitative estimate of drug-likeness (QED) is 0.482. The number of nitrogens with one attached hydrogen (secondary N) is 1. The smallest absolute Gasteiger partial charge is 0.154 e. The van der Waals surface area contributed by atoms with Gasteiger partial charge in [-0.2, -0.15) is 0 Å². The van der Waals surface area contributed by atoms with Gasteiger partial charge in [-0.15, -0.1) is 0 Å². The molecule has 2 aromatic heterocycles. The van der Waals surface area contributed by atoms with Crippen LogP contribution in [0.1, 0.15) is 5.56 Å². The number of fused-ring (bicyclic) bond motifs is 2. The van der Waals surface area contributed by atoms with Gasteiger partial charge in [0, 0.05) is 10.7 Å². The second-order valence-electron chi connectivity index (χ2n) is 6.59. The maximum absolute atomic E-state index is 6.07. The van der Waals surface area contributed by atoms with E-state index in [9.17, 15) is 0 Å². The Balaban J connectivity index is 1.63. The first kappa shape index (κ1) is 16.3. The predicted octanol–water partition coefficient (Wildman–Crippen LogP) is 5.23. The minimum absolute atomic E-state index is 0.603. The fraction of sp³-hybridized carbons (Fsp3) is 0.143. The average Bonchev–Trinajstić information content (AvgIpc) is 3.10. The Morgan fingerprint density at radius 1 is 1.15 bits per heavy atom. The highest BCUT2D eigenvalue weighted by Gasteiger charge is 2.24. The third-order valence-electron chi connectivity index (χ3n) is 4.72. The van der Waals surface area contributed by atoms with Crippen molar-refractivity contribution in [1.82, 2.24) is 15.0 Å². The number of aromatic amines is 1. The van der Waals surface area contributed by atoms with Crippen LogP contribution in [-0.4, -0.2) is 28.1 Å². The Kier molecular flexibility index (Phi) is 3.86. The van der Waals surface area contributed by atoms with E-state index in [-0.39, 0.29) is 0 Å². The van der Waals surface area contributed by atoms with Crippen molar-refractivity contribution in [3.63, 3.8) is 0 Å². The normalized spacial score (nSPS) is 13.5. The predicted molar refractivity (Wildman–Crippen MR) is 111 cm³/mol. The molecule has 5 rings (SSSR count). The van der Waals surface area contributed by atoms with Crippen LogP contribution < -0.4 is 9.64 Å². The standard InChI is InChI=1S/C21H17BrN4O/c1-13-5-8-19(23-12-13)26-9-10-27-20-15(3-2-4-18(20)26)21-24-16-7-6-14(22)11-17(16)25-21/h2-8,11-12H,9-10H2,1H3,(H,24,25). The fourth-order valence-electron chi connectivity index (χ4n) is 3.40. The van der Waals surface area contributed by atoms with Crippen molar-refractivity contribution in [2.75, 3.05) is 18.1 Å². The summed E-state index contributed by atoms with van der Waals surface area (Å²) >= 11 is 3.51. The Labute approximate surface area is 165 Å². The Morgan fingerprint density at radius 2 is 2.07 bits per heavy atom. The second kappa shape index (κ2) is 6.39. The van der Waals surface area contributed by atoms with Crippen molar-refractivity contribution in [3.8, 4) is 17.1 Å². The minimum Gasteiger partial charge on any atom is -0.489 e. The van der Waals surface area contributed by atoms with Crippen molar-refractivity contribution in [2.45, 2.75) is 6.92 Å². The highest BCUT2D eigenvalue weighted by molar-refractivity contribution is 9.10. The molecule has 3 heterocycles. The van der Waals surface area contributed by atoms with Gasteiger partial charge in [0.15, 0.2) is 5.75 Å². The van der Waals surface area contributed by atoms with Crippen LogP contribution in [0.15, 0.2) is 59.2 Å². The summed E-state index contributed by atoms with van der Waals surface area (Å²) in [5.41, 5.74) is 5.03. The first-order valence-corrected chi connectivity index (χ1v) is 9.60. The average molecular weight is 421 g/mol. The lowest BCUT2D eigenvalue weighted by Gasteiger charge is -2.31. The van der Waals surface area contributed by atoms with E-state index in [1.165, 1.54) is 0 Å². The van der Waals surface area contributed by atoms with Gasteiger partial charge in [0.2, 0.25) is 0 Å². The molecule has 2 aromatic carbocycles. The molecule has 6 heteroatoms. The largest absolute Gasteiger partial charge is 0.489 e. The molecule has 1 aliphatic rings. The molecule has 0 bridgehead atoms. The van der Waals surface area contributed by atoms with Crippen LogP contribution in [0, 0.1) is 6.92 Å². The van der Waals surface area contributed by atoms with Crippen molar-refractivity contribution in [2.24, 2.45) is 0 Å². The van der Waals surface area contributed by atoms with Gasteiger partial charge in [0.25, 0.3) is 0 Å². The first-order chi connectivity index (χ1) is 13.2. The topological polar surface area (TPSA) is 54.0 Å². The number of anilines is 2. The van der Waals surface area contributed by atoms with Gasteiger partial charge in [0.1, 0.15) is 18.2 Å². The van der Waals surface area contributed by atoms with Crippen molar-refractivity contribution < 1.29 is 4.74 Å². The summed E-state index contributed by atoms with van der Waals surface area (Å²) in [5.74, 6) is 2.57. The summed E-state index contributed by atoms with van der Waals surface area (Å²) < 4.78 is 7.09. The number of aryl methyl sites for hydroxylation is 1. The molecule has 1 aliphatic heterocycles. The third kappa shape index (κ3) is 2.86. The molecule has 0 saturated carbocycles. The summed E-state index contributed by atoms with van der Waals surface area (Å²) in [5, 5.41) is 0. The van der Waals surface area contributed by atoms with Gasteiger partial charge in [-0.05, 0) is 48.9 Å². The lowest BCUT2D eigenvalue weighted by atomic mass is 10.1. The number of para-hydroxylation sites is 1. The first-order valence-electron chi connectivity index (χ1n) is 8.81. The molecule has 0 aliphatic carbocycles. The molecule has 134 valence electrons. The maximum Gasteiger partial charge on any atom is 0.154 e. The molecule has 0 atom stereocenters. The number of ether oxygens (including phenoxy) is 1. The van der Waals surface area contributed by atoms with E-state index in [2.05, 4.69) is 49.0 Å². The number of nitrogens with zero attached hydrogens (tertiary/aromatic N) is 3. The van der Waals surface area contributed by atoms with Crippen LogP contribution in [-0.2, 0) is 0 Å². The van der Waals surface area contributed by atoms with Crippen LogP contribution in [0.5, 0.6) is 5.75 Å². The molecule has 0 spiro atoms. The van der Waals surface area contributed by atoms with E-state index in [0.717, 1.165) is 56.3 Å². The van der Waals surface area contributed by atoms with Crippen LogP contribution in [0.4, 0.5) is 11.5 Å². The van der Waals surface area contributed by atoms with Crippen LogP contribution in [0.2, 0.25) is 0 Å². The Morgan fingerprint density at radius 3 is 2.93 bits per heavy atom. The van der Waals surface area contributed by atoms with Crippen LogP contribution in [0.25, 0.3) is 22.4 Å². The van der Waals surface area contributed by atoms with Crippen molar-refractivity contribution >= 4 is 38.5 Å². The summed E-state index contributed by atoms with van der Waals surface area (Å²) in [4.78, 5) is 14.9. The van der Waals surface area contributed by atoms with Gasteiger partial charge in [-0.25, -0.2) is 9.97 Å². The highest BCUT2D eigenvalue weighted by atomic mass is 79.9. The fourth-order valence-corrected chi connectivity index (χ4v) is 3.76. The van der Waals surface area contributed by atoms with Crippen LogP contribution >= 0.6 is 15.9 Å². The SMILES string of the molecule is Cc1ccc(N2CCOc3c(-c4nc5ccc(Br)cc5[nH]4)cccc32)nc1. The number of hydrogen-bond acceptors (Lipinski definition) is 4. The zero-order valence-electron chi connectivity index (χ0n) is 14.7. The number of hydrogen-bond donors (Lipinski definition) is 1. The molecule has 1 N–H and O–H groups in total. The van der Waals surface area contributed by atoms with E-state index in [1.54, 1.807) is 0 Å². The van der Waals surface area contributed by atoms with E-state index >= 15 is 0 Å². The molecule has 0 radical (unpaired) electrons. The molecule has 0 amide bonds. The van der Waals surface area contributed by atoms with E-state index in [1.807, 2.05) is 43.5 Å². The number of halogens is 1. The molecular formula is C21H17BrN4O. The lowest BCUT2D eigenvalue weighted by molar-refractivity contribution is 0.315. The van der Waals surface area contributed by atoms with Gasteiger partial charge in [0.05, 0.1) is 28.8 Å². The van der Waals surface area contributed by atoms with Gasteiger partial charge in [-0.3, -0.25) is 0 Å². The number of rotatable bonds is 2. The molecule has 0 fully saturated rings. The third-order valence-corrected chi connectivity index (χ3v) is 5.21. The van der Waals surface area contributed by atoms with Gasteiger partial charge in [-0.1, -0.05) is 28.1 Å². The monoisotopic (exact) mass is 420 g/mol. The van der Waals surface area contributed by atoms with Gasteiger partial charge < -0.3 is 14.6 Å². The summed E-state index contributed by atoms with van der Waals surface area (Å²) in [6.07, 6.45) is 1.89. The Bertz CT molecular complexity index is 1140. The van der Waals surface area contributed by atoms with Gasteiger partial charge >= 0.3 is 0 Å². The summed E-state index contributed by atoms with van der Waals surface area (Å²) in [7, 11) is 0. The lowest BCUT2D eigenvalue weighted by Crippen LogP contribution is -2.29. The molecular weight excluding hydrogens is 404 g/mol. The number of H-pyrrole nitrogens is 1. The van der Waals surface area contributed by atoms with Crippen LogP contribution in [0.3, 0.4) is 0 Å². The summed E-state index contributed by atoms with van der Waals surface area (Å²) in [6.45, 7) is 3.41. The maximum atomic E-state index is 6.07. The molecule has 5 nitrogen and oxygen atoms in total. The molecule has 27 heavy (non-hydrogen) atoms. The highest BCUT2D eigenvalue weighted by Crippen LogP contribution is 2.42. The minimum atomic E-state index is 0.603. The molecule has 4 aromatic rings. The van der Waals surface area contributed by atoms with E-state index in [4.69, 9.17) is 9.72 Å². The van der Waals surface area contributed by atoms with Crippen molar-refractivity contribution in [3.05, 3.63) is 64.8 Å². The van der Waals surface area contributed by atoms with E-state index < -0.39 is 0 Å². The second-order valence-corrected chi connectivity index (χ2v) is 7.51. The number of benzene rings is 2. The number of pyridine rings is 1. The molecule has 0 unspecified atom stereocenters. The summed E-state index contributed by atoms with van der Waals surface area (Å²) in [6, 6.07) is 16.3. The van der Waals surface area contributed by atoms with E-state index in [0.29, 0.717) is 6.61 Å².